The van der Waals surface area contributed by atoms with Gasteiger partial charge in [-0.3, -0.25) is 5.10 Å². The first kappa shape index (κ1) is 12.9. The van der Waals surface area contributed by atoms with E-state index < -0.39 is 0 Å². The fourth-order valence-electron chi connectivity index (χ4n) is 2.35. The fourth-order valence-corrected chi connectivity index (χ4v) is 2.35. The van der Waals surface area contributed by atoms with Gasteiger partial charge in [0.2, 0.25) is 0 Å². The second-order valence-corrected chi connectivity index (χ2v) is 4.73. The van der Waals surface area contributed by atoms with Gasteiger partial charge in [0.1, 0.15) is 0 Å². The third-order valence-electron chi connectivity index (χ3n) is 3.47. The number of halogens is 1. The van der Waals surface area contributed by atoms with Gasteiger partial charge in [-0.05, 0) is 18.2 Å². The van der Waals surface area contributed by atoms with Crippen molar-refractivity contribution in [1.29, 1.82) is 0 Å². The fraction of sp³-hybridized carbons (Fsp3) is 0.357. The third-order valence-corrected chi connectivity index (χ3v) is 3.47. The Bertz CT molecular complexity index is 593. The number of aromatic amines is 1. The predicted octanol–water partition coefficient (Wildman–Crippen LogP) is 1.63. The van der Waals surface area contributed by atoms with E-state index in [1.807, 2.05) is 12.1 Å². The highest BCUT2D eigenvalue weighted by molar-refractivity contribution is 5.64. The van der Waals surface area contributed by atoms with Crippen molar-refractivity contribution >= 4 is 5.82 Å². The minimum atomic E-state index is -0.372. The number of methoxy groups -OCH3 is 1. The quantitative estimate of drug-likeness (QED) is 0.894. The molecule has 1 fully saturated rings. The van der Waals surface area contributed by atoms with Crippen molar-refractivity contribution in [2.75, 3.05) is 38.2 Å². The Morgan fingerprint density at radius 3 is 2.75 bits per heavy atom. The van der Waals surface area contributed by atoms with E-state index in [2.05, 4.69) is 20.4 Å². The average molecular weight is 276 g/mol. The van der Waals surface area contributed by atoms with Crippen LogP contribution in [0, 0.1) is 5.82 Å². The Labute approximate surface area is 116 Å². The van der Waals surface area contributed by atoms with Crippen molar-refractivity contribution in [3.8, 4) is 17.0 Å². The largest absolute Gasteiger partial charge is 0.494 e. The van der Waals surface area contributed by atoms with Crippen molar-refractivity contribution < 1.29 is 9.13 Å². The van der Waals surface area contributed by atoms with Gasteiger partial charge in [-0.1, -0.05) is 0 Å². The summed E-state index contributed by atoms with van der Waals surface area (Å²) in [5, 5.41) is 10.6. The molecule has 0 amide bonds. The Balaban J connectivity index is 1.84. The van der Waals surface area contributed by atoms with Gasteiger partial charge in [0.05, 0.1) is 12.8 Å². The second-order valence-electron chi connectivity index (χ2n) is 4.73. The lowest BCUT2D eigenvalue weighted by Crippen LogP contribution is -2.43. The molecule has 20 heavy (non-hydrogen) atoms. The van der Waals surface area contributed by atoms with Crippen LogP contribution in [0.15, 0.2) is 24.3 Å². The first-order chi connectivity index (χ1) is 9.78. The lowest BCUT2D eigenvalue weighted by atomic mass is 10.1. The highest BCUT2D eigenvalue weighted by Gasteiger charge is 2.14. The zero-order valence-electron chi connectivity index (χ0n) is 11.3. The number of nitrogens with zero attached hydrogens (tertiary/aromatic N) is 2. The summed E-state index contributed by atoms with van der Waals surface area (Å²) in [6.07, 6.45) is 0. The molecule has 0 aliphatic carbocycles. The van der Waals surface area contributed by atoms with Crippen molar-refractivity contribution in [2.45, 2.75) is 0 Å². The molecule has 1 aliphatic heterocycles. The van der Waals surface area contributed by atoms with E-state index in [4.69, 9.17) is 4.74 Å². The van der Waals surface area contributed by atoms with E-state index in [9.17, 15) is 4.39 Å². The summed E-state index contributed by atoms with van der Waals surface area (Å²) in [5.41, 5.74) is 1.57. The van der Waals surface area contributed by atoms with Crippen LogP contribution in [0.1, 0.15) is 0 Å². The minimum absolute atomic E-state index is 0.246. The highest BCUT2D eigenvalue weighted by atomic mass is 19.1. The number of aromatic nitrogens is 2. The molecule has 0 unspecified atom stereocenters. The van der Waals surface area contributed by atoms with Gasteiger partial charge in [-0.2, -0.15) is 5.10 Å². The number of piperazine rings is 1. The molecule has 0 radical (unpaired) electrons. The van der Waals surface area contributed by atoms with Crippen LogP contribution in [-0.2, 0) is 0 Å². The number of hydrogen-bond acceptors (Lipinski definition) is 4. The molecule has 1 saturated heterocycles. The molecule has 2 heterocycles. The third kappa shape index (κ3) is 2.46. The zero-order valence-corrected chi connectivity index (χ0v) is 11.3. The molecule has 1 aliphatic rings. The van der Waals surface area contributed by atoms with Crippen molar-refractivity contribution in [1.82, 2.24) is 15.5 Å². The summed E-state index contributed by atoms with van der Waals surface area (Å²) in [6, 6.07) is 6.84. The van der Waals surface area contributed by atoms with Crippen LogP contribution in [0.4, 0.5) is 10.2 Å². The summed E-state index contributed by atoms with van der Waals surface area (Å²) in [7, 11) is 1.46. The molecule has 1 aromatic carbocycles. The standard InChI is InChI=1S/C14H17FN4O/c1-20-13-3-2-10(8-11(13)15)12-9-14(18-17-12)19-6-4-16-5-7-19/h2-3,8-9,16H,4-7H2,1H3,(H,17,18). The van der Waals surface area contributed by atoms with Crippen LogP contribution in [0.25, 0.3) is 11.3 Å². The molecule has 0 bridgehead atoms. The molecule has 6 heteroatoms. The number of rotatable bonds is 3. The van der Waals surface area contributed by atoms with Gasteiger partial charge < -0.3 is 15.0 Å². The van der Waals surface area contributed by atoms with Crippen LogP contribution in [0.2, 0.25) is 0 Å². The highest BCUT2D eigenvalue weighted by Crippen LogP contribution is 2.26. The van der Waals surface area contributed by atoms with Crippen LogP contribution in [-0.4, -0.2) is 43.5 Å². The summed E-state index contributed by atoms with van der Waals surface area (Å²) < 4.78 is 18.6. The Hall–Kier alpha value is -2.08. The number of benzene rings is 1. The second kappa shape index (κ2) is 5.50. The number of H-pyrrole nitrogens is 1. The zero-order chi connectivity index (χ0) is 13.9. The Morgan fingerprint density at radius 1 is 1.25 bits per heavy atom. The van der Waals surface area contributed by atoms with Crippen LogP contribution < -0.4 is 15.0 Å². The topological polar surface area (TPSA) is 53.2 Å². The van der Waals surface area contributed by atoms with Crippen LogP contribution in [0.5, 0.6) is 5.75 Å². The number of nitrogens with one attached hydrogen (secondary N) is 2. The molecule has 0 spiro atoms. The van der Waals surface area contributed by atoms with Crippen LogP contribution >= 0.6 is 0 Å². The van der Waals surface area contributed by atoms with Crippen molar-refractivity contribution in [3.05, 3.63) is 30.1 Å². The molecule has 2 N–H and O–H groups in total. The number of anilines is 1. The summed E-state index contributed by atoms with van der Waals surface area (Å²) in [5.74, 6) is 0.775. The van der Waals surface area contributed by atoms with E-state index in [0.717, 1.165) is 43.3 Å². The van der Waals surface area contributed by atoms with Gasteiger partial charge in [-0.25, -0.2) is 4.39 Å². The lowest BCUT2D eigenvalue weighted by molar-refractivity contribution is 0.386. The van der Waals surface area contributed by atoms with Crippen molar-refractivity contribution in [2.24, 2.45) is 0 Å². The predicted molar refractivity (Wildman–Crippen MR) is 75.6 cm³/mol. The van der Waals surface area contributed by atoms with Crippen molar-refractivity contribution in [3.63, 3.8) is 0 Å². The molecule has 5 nitrogen and oxygen atoms in total. The van der Waals surface area contributed by atoms with Gasteiger partial charge in [-0.15, -0.1) is 0 Å². The monoisotopic (exact) mass is 276 g/mol. The maximum Gasteiger partial charge on any atom is 0.165 e. The minimum Gasteiger partial charge on any atom is -0.494 e. The summed E-state index contributed by atoms with van der Waals surface area (Å²) >= 11 is 0. The van der Waals surface area contributed by atoms with E-state index in [1.54, 1.807) is 6.07 Å². The molecule has 0 saturated carbocycles. The van der Waals surface area contributed by atoms with E-state index >= 15 is 0 Å². The number of ether oxygens (including phenoxy) is 1. The first-order valence-corrected chi connectivity index (χ1v) is 6.63. The maximum absolute atomic E-state index is 13.7. The molecule has 2 aromatic rings. The van der Waals surface area contributed by atoms with E-state index in [1.165, 1.54) is 13.2 Å². The lowest BCUT2D eigenvalue weighted by Gasteiger charge is -2.26. The maximum atomic E-state index is 13.7. The number of hydrogen-bond donors (Lipinski definition) is 2. The van der Waals surface area contributed by atoms with E-state index in [-0.39, 0.29) is 11.6 Å². The average Bonchev–Trinajstić information content (AvgIpc) is 2.98. The van der Waals surface area contributed by atoms with Gasteiger partial charge >= 0.3 is 0 Å². The van der Waals surface area contributed by atoms with E-state index in [0.29, 0.717) is 0 Å². The molecule has 3 rings (SSSR count). The molecular formula is C14H17FN4O. The summed E-state index contributed by atoms with van der Waals surface area (Å²) in [6.45, 7) is 3.78. The van der Waals surface area contributed by atoms with Gasteiger partial charge in [0, 0.05) is 37.8 Å². The van der Waals surface area contributed by atoms with Gasteiger partial charge in [0.15, 0.2) is 17.4 Å². The van der Waals surface area contributed by atoms with Gasteiger partial charge in [0.25, 0.3) is 0 Å². The first-order valence-electron chi connectivity index (χ1n) is 6.63. The smallest absolute Gasteiger partial charge is 0.165 e. The molecule has 0 atom stereocenters. The Morgan fingerprint density at radius 2 is 2.05 bits per heavy atom. The SMILES string of the molecule is COc1ccc(-c2cc(N3CCNCC3)n[nH]2)cc1F. The molecule has 106 valence electrons. The Kier molecular flexibility index (Phi) is 3.56. The summed E-state index contributed by atoms with van der Waals surface area (Å²) in [4.78, 5) is 2.20. The van der Waals surface area contributed by atoms with Crippen LogP contribution in [0.3, 0.4) is 0 Å². The molecular weight excluding hydrogens is 259 g/mol. The molecule has 1 aromatic heterocycles. The normalized spacial score (nSPS) is 15.4.